The van der Waals surface area contributed by atoms with E-state index in [1.807, 2.05) is 0 Å². The highest BCUT2D eigenvalue weighted by Crippen LogP contribution is 2.40. The Labute approximate surface area is 96.6 Å². The van der Waals surface area contributed by atoms with Gasteiger partial charge in [-0.15, -0.1) is 0 Å². The second-order valence-corrected chi connectivity index (χ2v) is 5.93. The van der Waals surface area contributed by atoms with Crippen molar-refractivity contribution in [3.05, 3.63) is 0 Å². The van der Waals surface area contributed by atoms with Crippen LogP contribution >= 0.6 is 0 Å². The van der Waals surface area contributed by atoms with Crippen LogP contribution in [0.25, 0.3) is 0 Å². The van der Waals surface area contributed by atoms with Crippen LogP contribution in [0.3, 0.4) is 0 Å². The van der Waals surface area contributed by atoms with Gasteiger partial charge >= 0.3 is 0 Å². The fraction of sp³-hybridized carbons (Fsp3) is 0.846. The fourth-order valence-corrected chi connectivity index (χ4v) is 2.38. The first kappa shape index (κ1) is 13.3. The number of Topliss-reactive ketones (excluding diaryl/α,β-unsaturated/α-hetero) is 2. The lowest BCUT2D eigenvalue weighted by molar-refractivity contribution is -0.142. The van der Waals surface area contributed by atoms with Crippen molar-refractivity contribution in [3.63, 3.8) is 0 Å². The summed E-state index contributed by atoms with van der Waals surface area (Å²) in [5.74, 6) is -0.246. The SMILES string of the molecule is CC(=O)C1CCC(F)(C(=O)C(C)(C)C)CC1. The molecule has 0 N–H and O–H groups in total. The van der Waals surface area contributed by atoms with Crippen LogP contribution in [0.4, 0.5) is 4.39 Å². The fourth-order valence-electron chi connectivity index (χ4n) is 2.38. The highest BCUT2D eigenvalue weighted by molar-refractivity contribution is 5.92. The Morgan fingerprint density at radius 3 is 1.94 bits per heavy atom. The number of halogens is 1. The molecule has 1 saturated carbocycles. The molecule has 0 saturated heterocycles. The number of carbonyl (C=O) groups is 2. The van der Waals surface area contributed by atoms with Crippen molar-refractivity contribution in [3.8, 4) is 0 Å². The first-order valence-corrected chi connectivity index (χ1v) is 5.91. The van der Waals surface area contributed by atoms with E-state index in [0.29, 0.717) is 12.8 Å². The molecule has 0 unspecified atom stereocenters. The van der Waals surface area contributed by atoms with Crippen LogP contribution in [0.1, 0.15) is 53.4 Å². The Hall–Kier alpha value is -0.730. The molecule has 1 aliphatic carbocycles. The molecule has 0 aliphatic heterocycles. The second-order valence-electron chi connectivity index (χ2n) is 5.93. The van der Waals surface area contributed by atoms with Gasteiger partial charge in [-0.05, 0) is 32.6 Å². The molecule has 0 aromatic carbocycles. The maximum atomic E-state index is 14.4. The Morgan fingerprint density at radius 2 is 1.62 bits per heavy atom. The van der Waals surface area contributed by atoms with E-state index in [1.54, 1.807) is 27.7 Å². The van der Waals surface area contributed by atoms with Crippen LogP contribution in [0.2, 0.25) is 0 Å². The van der Waals surface area contributed by atoms with Gasteiger partial charge in [0.25, 0.3) is 0 Å². The lowest BCUT2D eigenvalue weighted by Gasteiger charge is -2.35. The van der Waals surface area contributed by atoms with Gasteiger partial charge in [-0.1, -0.05) is 20.8 Å². The molecule has 0 heterocycles. The predicted octanol–water partition coefficient (Wildman–Crippen LogP) is 3.09. The van der Waals surface area contributed by atoms with Crippen LogP contribution in [-0.4, -0.2) is 17.2 Å². The molecular weight excluding hydrogens is 207 g/mol. The summed E-state index contributed by atoms with van der Waals surface area (Å²) < 4.78 is 14.4. The maximum absolute atomic E-state index is 14.4. The van der Waals surface area contributed by atoms with Crippen molar-refractivity contribution in [2.45, 2.75) is 59.0 Å². The number of rotatable bonds is 2. The molecule has 2 nitrogen and oxygen atoms in total. The summed E-state index contributed by atoms with van der Waals surface area (Å²) in [5, 5.41) is 0. The van der Waals surface area contributed by atoms with Gasteiger partial charge in [0.1, 0.15) is 5.78 Å². The van der Waals surface area contributed by atoms with Crippen molar-refractivity contribution >= 4 is 11.6 Å². The van der Waals surface area contributed by atoms with E-state index in [-0.39, 0.29) is 30.3 Å². The maximum Gasteiger partial charge on any atom is 0.175 e. The average molecular weight is 228 g/mol. The van der Waals surface area contributed by atoms with Crippen molar-refractivity contribution < 1.29 is 14.0 Å². The first-order valence-electron chi connectivity index (χ1n) is 5.91. The summed E-state index contributed by atoms with van der Waals surface area (Å²) >= 11 is 0. The minimum atomic E-state index is -1.70. The molecule has 3 heteroatoms. The third-order valence-electron chi connectivity index (χ3n) is 3.44. The van der Waals surface area contributed by atoms with Crippen molar-refractivity contribution in [1.29, 1.82) is 0 Å². The number of alkyl halides is 1. The number of ketones is 2. The monoisotopic (exact) mass is 228 g/mol. The zero-order chi connectivity index (χ0) is 12.6. The van der Waals surface area contributed by atoms with Crippen molar-refractivity contribution in [2.75, 3.05) is 0 Å². The van der Waals surface area contributed by atoms with Gasteiger partial charge in [-0.3, -0.25) is 9.59 Å². The van der Waals surface area contributed by atoms with E-state index in [9.17, 15) is 14.0 Å². The third kappa shape index (κ3) is 2.69. The van der Waals surface area contributed by atoms with Gasteiger partial charge in [0, 0.05) is 11.3 Å². The summed E-state index contributed by atoms with van der Waals surface area (Å²) in [6.45, 7) is 6.77. The summed E-state index contributed by atoms with van der Waals surface area (Å²) in [5.41, 5.74) is -2.35. The third-order valence-corrected chi connectivity index (χ3v) is 3.44. The molecule has 16 heavy (non-hydrogen) atoms. The van der Waals surface area contributed by atoms with E-state index in [2.05, 4.69) is 0 Å². The summed E-state index contributed by atoms with van der Waals surface area (Å²) in [6, 6.07) is 0. The van der Waals surface area contributed by atoms with E-state index < -0.39 is 11.1 Å². The van der Waals surface area contributed by atoms with Gasteiger partial charge in [0.15, 0.2) is 11.5 Å². The van der Waals surface area contributed by atoms with Crippen LogP contribution < -0.4 is 0 Å². The molecule has 0 aromatic heterocycles. The van der Waals surface area contributed by atoms with Crippen LogP contribution in [0.5, 0.6) is 0 Å². The highest BCUT2D eigenvalue weighted by Gasteiger charge is 2.46. The van der Waals surface area contributed by atoms with Crippen LogP contribution in [0.15, 0.2) is 0 Å². The lowest BCUT2D eigenvalue weighted by atomic mass is 9.71. The van der Waals surface area contributed by atoms with E-state index in [0.717, 1.165) is 0 Å². The summed E-state index contributed by atoms with van der Waals surface area (Å²) in [6.07, 6.45) is 1.42. The minimum absolute atomic E-state index is 0.0448. The zero-order valence-corrected chi connectivity index (χ0v) is 10.6. The molecule has 0 radical (unpaired) electrons. The molecule has 0 bridgehead atoms. The predicted molar refractivity (Wildman–Crippen MR) is 60.9 cm³/mol. The second kappa shape index (κ2) is 4.27. The molecule has 0 aromatic rings. The standard InChI is InChI=1S/C13H21FO2/c1-9(15)10-5-7-13(14,8-6-10)11(16)12(2,3)4/h10H,5-8H2,1-4H3. The Balaban J connectivity index is 2.70. The topological polar surface area (TPSA) is 34.1 Å². The van der Waals surface area contributed by atoms with E-state index in [1.165, 1.54) is 0 Å². The van der Waals surface area contributed by atoms with Gasteiger partial charge in [0.2, 0.25) is 0 Å². The lowest BCUT2D eigenvalue weighted by Crippen LogP contribution is -2.45. The number of hydrogen-bond donors (Lipinski definition) is 0. The van der Waals surface area contributed by atoms with Crippen molar-refractivity contribution in [2.24, 2.45) is 11.3 Å². The largest absolute Gasteiger partial charge is 0.300 e. The Morgan fingerprint density at radius 1 is 1.19 bits per heavy atom. The molecule has 0 spiro atoms. The van der Waals surface area contributed by atoms with Crippen LogP contribution in [0, 0.1) is 11.3 Å². The molecule has 1 rings (SSSR count). The molecule has 0 amide bonds. The van der Waals surface area contributed by atoms with Gasteiger partial charge in [-0.25, -0.2) is 4.39 Å². The number of hydrogen-bond acceptors (Lipinski definition) is 2. The van der Waals surface area contributed by atoms with Crippen molar-refractivity contribution in [1.82, 2.24) is 0 Å². The van der Waals surface area contributed by atoms with E-state index in [4.69, 9.17) is 0 Å². The van der Waals surface area contributed by atoms with Gasteiger partial charge in [-0.2, -0.15) is 0 Å². The first-order chi connectivity index (χ1) is 7.17. The Kier molecular flexibility index (Phi) is 3.56. The summed E-state index contributed by atoms with van der Waals surface area (Å²) in [4.78, 5) is 23.1. The molecule has 92 valence electrons. The molecule has 1 fully saturated rings. The quantitative estimate of drug-likeness (QED) is 0.727. The van der Waals surface area contributed by atoms with Gasteiger partial charge < -0.3 is 0 Å². The normalized spacial score (nSPS) is 31.2. The molecule has 0 atom stereocenters. The Bertz CT molecular complexity index is 294. The average Bonchev–Trinajstić information content (AvgIpc) is 2.16. The minimum Gasteiger partial charge on any atom is -0.300 e. The number of carbonyl (C=O) groups excluding carboxylic acids is 2. The van der Waals surface area contributed by atoms with E-state index >= 15 is 0 Å². The zero-order valence-electron chi connectivity index (χ0n) is 10.6. The molecular formula is C13H21FO2. The van der Waals surface area contributed by atoms with Crippen LogP contribution in [-0.2, 0) is 9.59 Å². The smallest absolute Gasteiger partial charge is 0.175 e. The molecule has 1 aliphatic rings. The highest BCUT2D eigenvalue weighted by atomic mass is 19.1. The van der Waals surface area contributed by atoms with Gasteiger partial charge in [0.05, 0.1) is 0 Å². The summed E-state index contributed by atoms with van der Waals surface area (Å²) in [7, 11) is 0.